The van der Waals surface area contributed by atoms with Gasteiger partial charge in [-0.15, -0.1) is 11.3 Å². The summed E-state index contributed by atoms with van der Waals surface area (Å²) < 4.78 is 18.8. The zero-order chi connectivity index (χ0) is 14.8. The molecule has 2 heterocycles. The van der Waals surface area contributed by atoms with Crippen molar-refractivity contribution in [3.05, 3.63) is 46.9 Å². The van der Waals surface area contributed by atoms with Crippen molar-refractivity contribution in [2.24, 2.45) is 5.84 Å². The van der Waals surface area contributed by atoms with Gasteiger partial charge in [0.15, 0.2) is 11.6 Å². The summed E-state index contributed by atoms with van der Waals surface area (Å²) in [5, 5.41) is 2.79. The number of halogens is 1. The van der Waals surface area contributed by atoms with E-state index in [1.54, 1.807) is 6.07 Å². The van der Waals surface area contributed by atoms with Crippen LogP contribution in [-0.4, -0.2) is 9.97 Å². The van der Waals surface area contributed by atoms with Gasteiger partial charge in [-0.3, -0.25) is 0 Å². The zero-order valence-electron chi connectivity index (χ0n) is 11.3. The van der Waals surface area contributed by atoms with Crippen LogP contribution in [-0.2, 0) is 6.61 Å². The number of nitrogens with two attached hydrogens (primary N) is 1. The zero-order valence-corrected chi connectivity index (χ0v) is 12.1. The molecule has 2 aromatic heterocycles. The quantitative estimate of drug-likeness (QED) is 0.572. The Labute approximate surface area is 124 Å². The lowest BCUT2D eigenvalue weighted by molar-refractivity contribution is 0.293. The molecule has 3 rings (SSSR count). The molecule has 0 radical (unpaired) electrons. The third-order valence-corrected chi connectivity index (χ3v) is 3.82. The highest BCUT2D eigenvalue weighted by atomic mass is 32.1. The fourth-order valence-electron chi connectivity index (χ4n) is 1.95. The first-order valence-corrected chi connectivity index (χ1v) is 7.15. The molecule has 0 spiro atoms. The summed E-state index contributed by atoms with van der Waals surface area (Å²) in [6, 6.07) is 6.31. The van der Waals surface area contributed by atoms with E-state index >= 15 is 0 Å². The molecule has 0 aliphatic heterocycles. The van der Waals surface area contributed by atoms with Crippen LogP contribution in [0.1, 0.15) is 11.4 Å². The van der Waals surface area contributed by atoms with E-state index in [1.807, 2.05) is 18.4 Å². The largest absolute Gasteiger partial charge is 0.485 e. The monoisotopic (exact) mass is 304 g/mol. The molecule has 0 saturated carbocycles. The Morgan fingerprint density at radius 1 is 1.33 bits per heavy atom. The number of ether oxygens (including phenoxy) is 1. The van der Waals surface area contributed by atoms with Crippen LogP contribution in [0, 0.1) is 12.7 Å². The summed E-state index contributed by atoms with van der Waals surface area (Å²) in [4.78, 5) is 9.53. The lowest BCUT2D eigenvalue weighted by Crippen LogP contribution is -2.11. The highest BCUT2D eigenvalue weighted by molar-refractivity contribution is 7.16. The third kappa shape index (κ3) is 2.79. The van der Waals surface area contributed by atoms with Crippen LogP contribution < -0.4 is 16.0 Å². The molecule has 0 bridgehead atoms. The molecule has 108 valence electrons. The summed E-state index contributed by atoms with van der Waals surface area (Å²) in [5.41, 5.74) is 3.41. The predicted molar refractivity (Wildman–Crippen MR) is 80.7 cm³/mol. The van der Waals surface area contributed by atoms with E-state index in [4.69, 9.17) is 10.6 Å². The molecular weight excluding hydrogens is 291 g/mol. The van der Waals surface area contributed by atoms with Crippen LogP contribution in [0.3, 0.4) is 0 Å². The Hall–Kier alpha value is -2.25. The number of rotatable bonds is 4. The van der Waals surface area contributed by atoms with E-state index in [1.165, 1.54) is 23.5 Å². The fraction of sp³-hybridized carbons (Fsp3) is 0.143. The molecule has 0 unspecified atom stereocenters. The minimum absolute atomic E-state index is 0.146. The van der Waals surface area contributed by atoms with E-state index in [2.05, 4.69) is 15.4 Å². The lowest BCUT2D eigenvalue weighted by Gasteiger charge is -2.09. The normalized spacial score (nSPS) is 10.8. The standard InChI is InChI=1S/C14H13FN4OS/c1-8-2-3-9(15)6-11(8)20-7-12-17-13(19-16)10-4-5-21-14(10)18-12/h2-6H,7,16H2,1H3,(H,17,18,19). The first kappa shape index (κ1) is 13.7. The molecule has 0 saturated heterocycles. The topological polar surface area (TPSA) is 73.1 Å². The number of hydrogen-bond acceptors (Lipinski definition) is 6. The minimum Gasteiger partial charge on any atom is -0.485 e. The van der Waals surface area contributed by atoms with Crippen LogP contribution >= 0.6 is 11.3 Å². The number of nitrogens with one attached hydrogen (secondary N) is 1. The molecule has 5 nitrogen and oxygen atoms in total. The molecule has 3 aromatic rings. The number of aryl methyl sites for hydroxylation is 1. The fourth-order valence-corrected chi connectivity index (χ4v) is 2.73. The number of nitrogen functional groups attached to an aromatic ring is 1. The smallest absolute Gasteiger partial charge is 0.169 e. The van der Waals surface area contributed by atoms with E-state index in [0.717, 1.165) is 15.8 Å². The highest BCUT2D eigenvalue weighted by Crippen LogP contribution is 2.25. The van der Waals surface area contributed by atoms with E-state index in [-0.39, 0.29) is 12.4 Å². The van der Waals surface area contributed by atoms with E-state index in [9.17, 15) is 4.39 Å². The van der Waals surface area contributed by atoms with Crippen molar-refractivity contribution in [2.75, 3.05) is 5.43 Å². The SMILES string of the molecule is Cc1ccc(F)cc1OCc1nc(NN)c2ccsc2n1. The number of nitrogens with zero attached hydrogens (tertiary/aromatic N) is 2. The first-order chi connectivity index (χ1) is 10.2. The second-order valence-corrected chi connectivity index (χ2v) is 5.37. The molecule has 0 aliphatic rings. The van der Waals surface area contributed by atoms with Gasteiger partial charge in [0.25, 0.3) is 0 Å². The van der Waals surface area contributed by atoms with Gasteiger partial charge in [0.2, 0.25) is 0 Å². The van der Waals surface area contributed by atoms with Gasteiger partial charge in [0.05, 0.1) is 5.39 Å². The van der Waals surface area contributed by atoms with Gasteiger partial charge in [0.1, 0.15) is 23.0 Å². The molecular formula is C14H13FN4OS. The number of fused-ring (bicyclic) bond motifs is 1. The van der Waals surface area contributed by atoms with E-state index < -0.39 is 0 Å². The Bertz CT molecular complexity index is 790. The Kier molecular flexibility index (Phi) is 3.68. The molecule has 0 fully saturated rings. The second kappa shape index (κ2) is 5.63. The molecule has 1 aromatic carbocycles. The van der Waals surface area contributed by atoms with Crippen molar-refractivity contribution in [3.8, 4) is 5.75 Å². The number of aromatic nitrogens is 2. The number of hydrazine groups is 1. The molecule has 0 amide bonds. The van der Waals surface area contributed by atoms with Gasteiger partial charge in [-0.25, -0.2) is 20.2 Å². The maximum absolute atomic E-state index is 13.2. The van der Waals surface area contributed by atoms with Crippen molar-refractivity contribution in [1.82, 2.24) is 9.97 Å². The van der Waals surface area contributed by atoms with Gasteiger partial charge in [-0.2, -0.15) is 0 Å². The van der Waals surface area contributed by atoms with Crippen LogP contribution in [0.15, 0.2) is 29.6 Å². The Morgan fingerprint density at radius 3 is 3.00 bits per heavy atom. The average Bonchev–Trinajstić information content (AvgIpc) is 2.95. The number of hydrogen-bond donors (Lipinski definition) is 2. The predicted octanol–water partition coefficient (Wildman–Crippen LogP) is 3.00. The molecule has 21 heavy (non-hydrogen) atoms. The molecule has 7 heteroatoms. The number of thiophene rings is 1. The van der Waals surface area contributed by atoms with Gasteiger partial charge in [-0.05, 0) is 30.0 Å². The van der Waals surface area contributed by atoms with Crippen LogP contribution in [0.5, 0.6) is 5.75 Å². The molecule has 0 aliphatic carbocycles. The Morgan fingerprint density at radius 2 is 2.19 bits per heavy atom. The highest BCUT2D eigenvalue weighted by Gasteiger charge is 2.09. The van der Waals surface area contributed by atoms with Crippen molar-refractivity contribution >= 4 is 27.4 Å². The van der Waals surface area contributed by atoms with Crippen molar-refractivity contribution in [1.29, 1.82) is 0 Å². The number of benzene rings is 1. The number of anilines is 1. The lowest BCUT2D eigenvalue weighted by atomic mass is 10.2. The minimum atomic E-state index is -0.338. The van der Waals surface area contributed by atoms with Gasteiger partial charge < -0.3 is 10.2 Å². The molecule has 0 atom stereocenters. The van der Waals surface area contributed by atoms with Crippen LogP contribution in [0.25, 0.3) is 10.2 Å². The summed E-state index contributed by atoms with van der Waals surface area (Å²) >= 11 is 1.50. The van der Waals surface area contributed by atoms with Crippen molar-refractivity contribution < 1.29 is 9.13 Å². The van der Waals surface area contributed by atoms with Crippen LogP contribution in [0.4, 0.5) is 10.2 Å². The maximum atomic E-state index is 13.2. The van der Waals surface area contributed by atoms with E-state index in [0.29, 0.717) is 17.4 Å². The Balaban J connectivity index is 1.86. The van der Waals surface area contributed by atoms with Crippen molar-refractivity contribution in [3.63, 3.8) is 0 Å². The van der Waals surface area contributed by atoms with Gasteiger partial charge in [-0.1, -0.05) is 6.07 Å². The molecule has 3 N–H and O–H groups in total. The van der Waals surface area contributed by atoms with Gasteiger partial charge in [0, 0.05) is 6.07 Å². The second-order valence-electron chi connectivity index (χ2n) is 4.47. The first-order valence-electron chi connectivity index (χ1n) is 6.27. The van der Waals surface area contributed by atoms with Gasteiger partial charge >= 0.3 is 0 Å². The maximum Gasteiger partial charge on any atom is 0.169 e. The van der Waals surface area contributed by atoms with Crippen LogP contribution in [0.2, 0.25) is 0 Å². The third-order valence-electron chi connectivity index (χ3n) is 3.02. The summed E-state index contributed by atoms with van der Waals surface area (Å²) in [6.45, 7) is 2.00. The summed E-state index contributed by atoms with van der Waals surface area (Å²) in [6.07, 6.45) is 0. The average molecular weight is 304 g/mol. The summed E-state index contributed by atoms with van der Waals surface area (Å²) in [5.74, 6) is 6.65. The van der Waals surface area contributed by atoms with Crippen molar-refractivity contribution in [2.45, 2.75) is 13.5 Å². The summed E-state index contributed by atoms with van der Waals surface area (Å²) in [7, 11) is 0.